The number of nitrogen functional groups attached to an aromatic ring is 1. The third-order valence-corrected chi connectivity index (χ3v) is 2.66. The monoisotopic (exact) mass is 203 g/mol. The van der Waals surface area contributed by atoms with Gasteiger partial charge in [-0.15, -0.1) is 6.58 Å². The van der Waals surface area contributed by atoms with E-state index in [1.54, 1.807) is 6.08 Å². The van der Waals surface area contributed by atoms with E-state index in [-0.39, 0.29) is 5.78 Å². The smallest absolute Gasteiger partial charge is 0.146 e. The van der Waals surface area contributed by atoms with Crippen molar-refractivity contribution in [3.63, 3.8) is 0 Å². The fraction of sp³-hybridized carbons (Fsp3) is 0.308. The van der Waals surface area contributed by atoms with Gasteiger partial charge in [-0.3, -0.25) is 4.79 Å². The Hall–Kier alpha value is -1.57. The zero-order valence-electron chi connectivity index (χ0n) is 9.29. The summed E-state index contributed by atoms with van der Waals surface area (Å²) in [5.41, 5.74) is 6.84. The van der Waals surface area contributed by atoms with E-state index in [2.05, 4.69) is 6.58 Å². The quantitative estimate of drug-likeness (QED) is 0.604. The Kier molecular flexibility index (Phi) is 3.30. The first kappa shape index (κ1) is 11.5. The van der Waals surface area contributed by atoms with Crippen LogP contribution in [-0.2, 0) is 10.2 Å². The van der Waals surface area contributed by atoms with Crippen LogP contribution < -0.4 is 5.73 Å². The average molecular weight is 203 g/mol. The highest BCUT2D eigenvalue weighted by Crippen LogP contribution is 2.26. The Morgan fingerprint density at radius 3 is 2.40 bits per heavy atom. The van der Waals surface area contributed by atoms with E-state index in [9.17, 15) is 4.79 Å². The molecule has 0 amide bonds. The Morgan fingerprint density at radius 2 is 1.93 bits per heavy atom. The van der Waals surface area contributed by atoms with Crippen molar-refractivity contribution < 1.29 is 4.79 Å². The number of Topliss-reactive ketones (excluding diaryl/α,β-unsaturated/α-hetero) is 1. The van der Waals surface area contributed by atoms with Gasteiger partial charge in [0.15, 0.2) is 0 Å². The third kappa shape index (κ3) is 2.46. The Balaban J connectivity index is 2.99. The van der Waals surface area contributed by atoms with Gasteiger partial charge in [0, 0.05) is 17.5 Å². The molecule has 0 saturated heterocycles. The highest BCUT2D eigenvalue weighted by atomic mass is 16.1. The minimum absolute atomic E-state index is 0.169. The Labute approximate surface area is 90.8 Å². The third-order valence-electron chi connectivity index (χ3n) is 2.66. The second kappa shape index (κ2) is 4.30. The second-order valence-corrected chi connectivity index (χ2v) is 4.16. The summed E-state index contributed by atoms with van der Waals surface area (Å²) in [6.45, 7) is 7.42. The summed E-state index contributed by atoms with van der Waals surface area (Å²) in [7, 11) is 0. The van der Waals surface area contributed by atoms with Gasteiger partial charge in [0.2, 0.25) is 0 Å². The van der Waals surface area contributed by atoms with Crippen molar-refractivity contribution >= 4 is 11.5 Å². The van der Waals surface area contributed by atoms with Crippen LogP contribution in [0.4, 0.5) is 5.69 Å². The first-order valence-electron chi connectivity index (χ1n) is 4.98. The summed E-state index contributed by atoms with van der Waals surface area (Å²) in [6.07, 6.45) is 2.04. The lowest BCUT2D eigenvalue weighted by Gasteiger charge is -2.23. The number of allylic oxidation sites excluding steroid dienone is 1. The lowest BCUT2D eigenvalue weighted by Crippen LogP contribution is -2.28. The van der Waals surface area contributed by atoms with Crippen molar-refractivity contribution in [2.24, 2.45) is 0 Å². The number of carbonyl (C=O) groups excluding carboxylic acids is 1. The van der Waals surface area contributed by atoms with Crippen LogP contribution in [0.2, 0.25) is 0 Å². The van der Waals surface area contributed by atoms with E-state index in [1.807, 2.05) is 38.1 Å². The van der Waals surface area contributed by atoms with Gasteiger partial charge in [0.05, 0.1) is 0 Å². The predicted molar refractivity (Wildman–Crippen MR) is 63.7 cm³/mol. The molecule has 80 valence electrons. The van der Waals surface area contributed by atoms with E-state index in [4.69, 9.17) is 5.73 Å². The van der Waals surface area contributed by atoms with Crippen molar-refractivity contribution in [1.82, 2.24) is 0 Å². The molecule has 0 radical (unpaired) electrons. The summed E-state index contributed by atoms with van der Waals surface area (Å²) in [6, 6.07) is 7.43. The van der Waals surface area contributed by atoms with Crippen LogP contribution in [0.3, 0.4) is 0 Å². The van der Waals surface area contributed by atoms with E-state index in [0.29, 0.717) is 12.1 Å². The van der Waals surface area contributed by atoms with E-state index >= 15 is 0 Å². The predicted octanol–water partition coefficient (Wildman–Crippen LogP) is 2.69. The van der Waals surface area contributed by atoms with Gasteiger partial charge in [-0.25, -0.2) is 0 Å². The van der Waals surface area contributed by atoms with Gasteiger partial charge in [0.25, 0.3) is 0 Å². The molecule has 0 atom stereocenters. The number of carbonyl (C=O) groups is 1. The average Bonchev–Trinajstić information content (AvgIpc) is 2.18. The van der Waals surface area contributed by atoms with Gasteiger partial charge in [-0.1, -0.05) is 18.2 Å². The van der Waals surface area contributed by atoms with E-state index in [0.717, 1.165) is 5.56 Å². The largest absolute Gasteiger partial charge is 0.399 e. The summed E-state index contributed by atoms with van der Waals surface area (Å²) in [5, 5.41) is 0. The fourth-order valence-corrected chi connectivity index (χ4v) is 1.45. The van der Waals surface area contributed by atoms with Crippen LogP contribution in [0, 0.1) is 0 Å². The van der Waals surface area contributed by atoms with Crippen molar-refractivity contribution in [3.8, 4) is 0 Å². The Bertz CT molecular complexity index is 363. The number of hydrogen-bond acceptors (Lipinski definition) is 2. The minimum atomic E-state index is -0.470. The molecular weight excluding hydrogens is 186 g/mol. The lowest BCUT2D eigenvalue weighted by atomic mass is 9.79. The first-order chi connectivity index (χ1) is 6.98. The van der Waals surface area contributed by atoms with Crippen molar-refractivity contribution in [3.05, 3.63) is 42.5 Å². The van der Waals surface area contributed by atoms with Gasteiger partial charge in [0.1, 0.15) is 5.78 Å². The van der Waals surface area contributed by atoms with Gasteiger partial charge in [-0.2, -0.15) is 0 Å². The Morgan fingerprint density at radius 1 is 1.40 bits per heavy atom. The molecule has 0 unspecified atom stereocenters. The summed E-state index contributed by atoms with van der Waals surface area (Å²) < 4.78 is 0. The molecule has 2 nitrogen and oxygen atoms in total. The molecule has 0 aliphatic rings. The molecule has 15 heavy (non-hydrogen) atoms. The molecule has 0 spiro atoms. The topological polar surface area (TPSA) is 43.1 Å². The molecule has 1 aromatic rings. The zero-order chi connectivity index (χ0) is 11.5. The number of hydrogen-bond donors (Lipinski definition) is 1. The zero-order valence-corrected chi connectivity index (χ0v) is 9.29. The number of anilines is 1. The van der Waals surface area contributed by atoms with Crippen molar-refractivity contribution in [2.75, 3.05) is 5.73 Å². The highest BCUT2D eigenvalue weighted by Gasteiger charge is 2.27. The second-order valence-electron chi connectivity index (χ2n) is 4.16. The minimum Gasteiger partial charge on any atom is -0.399 e. The van der Waals surface area contributed by atoms with Crippen LogP contribution in [0.5, 0.6) is 0 Å². The molecule has 0 fully saturated rings. The van der Waals surface area contributed by atoms with E-state index in [1.165, 1.54) is 0 Å². The van der Waals surface area contributed by atoms with Crippen molar-refractivity contribution in [1.29, 1.82) is 0 Å². The molecule has 1 aromatic carbocycles. The summed E-state index contributed by atoms with van der Waals surface area (Å²) in [5.74, 6) is 0.169. The molecule has 0 heterocycles. The normalized spacial score (nSPS) is 11.1. The fourth-order valence-electron chi connectivity index (χ4n) is 1.45. The molecular formula is C13H17NO. The van der Waals surface area contributed by atoms with Crippen LogP contribution in [-0.4, -0.2) is 5.78 Å². The van der Waals surface area contributed by atoms with E-state index < -0.39 is 5.41 Å². The summed E-state index contributed by atoms with van der Waals surface area (Å²) >= 11 is 0. The molecule has 0 aliphatic heterocycles. The highest BCUT2D eigenvalue weighted by molar-refractivity contribution is 5.90. The number of rotatable bonds is 4. The van der Waals surface area contributed by atoms with Gasteiger partial charge >= 0.3 is 0 Å². The van der Waals surface area contributed by atoms with Gasteiger partial charge < -0.3 is 5.73 Å². The van der Waals surface area contributed by atoms with Crippen LogP contribution in [0.15, 0.2) is 36.9 Å². The molecule has 0 aromatic heterocycles. The maximum Gasteiger partial charge on any atom is 0.146 e. The molecule has 0 aliphatic carbocycles. The number of ketones is 1. The lowest BCUT2D eigenvalue weighted by molar-refractivity contribution is -0.122. The molecule has 1 rings (SSSR count). The molecule has 0 bridgehead atoms. The summed E-state index contributed by atoms with van der Waals surface area (Å²) in [4.78, 5) is 11.8. The van der Waals surface area contributed by atoms with Crippen molar-refractivity contribution in [2.45, 2.75) is 25.7 Å². The number of benzene rings is 1. The standard InChI is InChI=1S/C13H17NO/c1-4-5-12(15)13(2,3)10-6-8-11(14)9-7-10/h4,6-9H,1,5,14H2,2-3H3. The van der Waals surface area contributed by atoms with Crippen LogP contribution in [0.1, 0.15) is 25.8 Å². The van der Waals surface area contributed by atoms with Gasteiger partial charge in [-0.05, 0) is 31.5 Å². The molecule has 0 saturated carbocycles. The number of nitrogens with two attached hydrogens (primary N) is 1. The maximum absolute atomic E-state index is 11.8. The molecule has 2 heteroatoms. The maximum atomic E-state index is 11.8. The SMILES string of the molecule is C=CCC(=O)C(C)(C)c1ccc(N)cc1. The molecule has 2 N–H and O–H groups in total. The first-order valence-corrected chi connectivity index (χ1v) is 4.98. The van der Waals surface area contributed by atoms with Crippen LogP contribution in [0.25, 0.3) is 0 Å². The van der Waals surface area contributed by atoms with Crippen LogP contribution >= 0.6 is 0 Å².